The van der Waals surface area contributed by atoms with Gasteiger partial charge < -0.3 is 5.73 Å². The minimum atomic E-state index is -3.41. The Kier molecular flexibility index (Phi) is 3.68. The van der Waals surface area contributed by atoms with E-state index in [0.29, 0.717) is 21.2 Å². The molecule has 0 saturated heterocycles. The van der Waals surface area contributed by atoms with E-state index in [1.54, 1.807) is 30.3 Å². The lowest BCUT2D eigenvalue weighted by atomic mass is 10.1. The highest BCUT2D eigenvalue weighted by Gasteiger charge is 2.20. The Morgan fingerprint density at radius 2 is 1.81 bits per heavy atom. The topological polar surface area (TPSA) is 60.2 Å². The van der Waals surface area contributed by atoms with Crippen LogP contribution in [0.25, 0.3) is 0 Å². The van der Waals surface area contributed by atoms with Gasteiger partial charge in [0.25, 0.3) is 0 Å². The van der Waals surface area contributed by atoms with Gasteiger partial charge in [0.05, 0.1) is 10.6 Å². The van der Waals surface area contributed by atoms with Crippen LogP contribution in [-0.2, 0) is 28.4 Å². The number of aryl methyl sites for hydroxylation is 2. The molecule has 0 saturated carbocycles. The van der Waals surface area contributed by atoms with Crippen LogP contribution in [0.2, 0.25) is 5.02 Å². The predicted molar refractivity (Wildman–Crippen MR) is 85.2 cm³/mol. The quantitative estimate of drug-likeness (QED) is 0.881. The number of halogens is 1. The molecule has 2 aromatic carbocycles. The van der Waals surface area contributed by atoms with Crippen molar-refractivity contribution in [2.45, 2.75) is 29.9 Å². The first-order valence-corrected chi connectivity index (χ1v) is 8.87. The summed E-state index contributed by atoms with van der Waals surface area (Å²) in [7, 11) is -3.41. The van der Waals surface area contributed by atoms with Crippen molar-refractivity contribution in [3.8, 4) is 0 Å². The second kappa shape index (κ2) is 5.35. The van der Waals surface area contributed by atoms with Gasteiger partial charge >= 0.3 is 0 Å². The molecule has 5 heteroatoms. The van der Waals surface area contributed by atoms with E-state index < -0.39 is 9.84 Å². The Bertz CT molecular complexity index is 800. The van der Waals surface area contributed by atoms with Crippen LogP contribution >= 0.6 is 11.6 Å². The average Bonchev–Trinajstić information content (AvgIpc) is 2.90. The number of benzene rings is 2. The van der Waals surface area contributed by atoms with E-state index in [4.69, 9.17) is 17.3 Å². The van der Waals surface area contributed by atoms with Crippen molar-refractivity contribution in [2.24, 2.45) is 0 Å². The summed E-state index contributed by atoms with van der Waals surface area (Å²) in [6.45, 7) is 0. The summed E-state index contributed by atoms with van der Waals surface area (Å²) in [5.74, 6) is -0.127. The van der Waals surface area contributed by atoms with E-state index in [9.17, 15) is 8.42 Å². The van der Waals surface area contributed by atoms with Crippen LogP contribution in [0.15, 0.2) is 41.3 Å². The van der Waals surface area contributed by atoms with Crippen LogP contribution in [0.1, 0.15) is 23.1 Å². The minimum Gasteiger partial charge on any atom is -0.398 e. The van der Waals surface area contributed by atoms with E-state index in [1.165, 1.54) is 5.56 Å². The number of anilines is 1. The summed E-state index contributed by atoms with van der Waals surface area (Å²) >= 11 is 5.92. The van der Waals surface area contributed by atoms with Crippen LogP contribution in [0.3, 0.4) is 0 Å². The van der Waals surface area contributed by atoms with Crippen LogP contribution in [-0.4, -0.2) is 8.42 Å². The van der Waals surface area contributed by atoms with Crippen molar-refractivity contribution >= 4 is 27.1 Å². The predicted octanol–water partition coefficient (Wildman–Crippen LogP) is 3.38. The molecule has 110 valence electrons. The Hall–Kier alpha value is -1.52. The van der Waals surface area contributed by atoms with Crippen molar-refractivity contribution in [1.82, 2.24) is 0 Å². The van der Waals surface area contributed by atoms with Gasteiger partial charge in [0.15, 0.2) is 9.84 Å². The Morgan fingerprint density at radius 3 is 2.62 bits per heavy atom. The Balaban J connectivity index is 1.95. The molecule has 0 spiro atoms. The van der Waals surface area contributed by atoms with E-state index in [0.717, 1.165) is 24.8 Å². The summed E-state index contributed by atoms with van der Waals surface area (Å²) < 4.78 is 25.1. The molecule has 0 heterocycles. The first-order chi connectivity index (χ1) is 9.95. The summed E-state index contributed by atoms with van der Waals surface area (Å²) in [4.78, 5) is 0.363. The monoisotopic (exact) mass is 321 g/mol. The number of hydrogen-bond acceptors (Lipinski definition) is 3. The molecule has 3 nitrogen and oxygen atoms in total. The number of nitrogens with two attached hydrogens (primary N) is 1. The third-order valence-corrected chi connectivity index (χ3v) is 5.78. The van der Waals surface area contributed by atoms with Gasteiger partial charge in [0, 0.05) is 10.7 Å². The second-order valence-corrected chi connectivity index (χ2v) is 7.81. The highest BCUT2D eigenvalue weighted by atomic mass is 35.5. The molecule has 0 fully saturated rings. The number of hydrogen-bond donors (Lipinski definition) is 1. The summed E-state index contributed by atoms with van der Waals surface area (Å²) in [5, 5.41) is 0.489. The second-order valence-electron chi connectivity index (χ2n) is 5.39. The third-order valence-electron chi connectivity index (χ3n) is 3.88. The molecule has 3 rings (SSSR count). The maximum absolute atomic E-state index is 12.6. The summed E-state index contributed by atoms with van der Waals surface area (Å²) in [6, 6.07) is 10.3. The van der Waals surface area contributed by atoms with Gasteiger partial charge in [-0.15, -0.1) is 0 Å². The molecule has 2 aromatic rings. The molecule has 2 N–H and O–H groups in total. The van der Waals surface area contributed by atoms with Gasteiger partial charge in [-0.1, -0.05) is 17.7 Å². The van der Waals surface area contributed by atoms with Gasteiger partial charge in [-0.05, 0) is 66.3 Å². The largest absolute Gasteiger partial charge is 0.398 e. The lowest BCUT2D eigenvalue weighted by Crippen LogP contribution is -2.07. The Labute approximate surface area is 129 Å². The highest BCUT2D eigenvalue weighted by molar-refractivity contribution is 7.90. The van der Waals surface area contributed by atoms with E-state index in [2.05, 4.69) is 0 Å². The molecule has 0 aromatic heterocycles. The number of nitrogen functional groups attached to an aromatic ring is 1. The fraction of sp³-hybridized carbons (Fsp3) is 0.250. The SMILES string of the molecule is Nc1ccc(Cl)cc1CS(=O)(=O)c1ccc2c(c1)CCC2. The molecule has 0 unspecified atom stereocenters. The van der Waals surface area contributed by atoms with Crippen LogP contribution in [0, 0.1) is 0 Å². The molecule has 1 aliphatic rings. The van der Waals surface area contributed by atoms with Gasteiger partial charge in [-0.25, -0.2) is 8.42 Å². The fourth-order valence-electron chi connectivity index (χ4n) is 2.73. The number of rotatable bonds is 3. The van der Waals surface area contributed by atoms with Crippen molar-refractivity contribution in [2.75, 3.05) is 5.73 Å². The molecule has 21 heavy (non-hydrogen) atoms. The highest BCUT2D eigenvalue weighted by Crippen LogP contribution is 2.28. The zero-order chi connectivity index (χ0) is 15.0. The van der Waals surface area contributed by atoms with Crippen molar-refractivity contribution in [3.63, 3.8) is 0 Å². The first-order valence-electron chi connectivity index (χ1n) is 6.84. The zero-order valence-electron chi connectivity index (χ0n) is 11.5. The molecule has 0 atom stereocenters. The summed E-state index contributed by atoms with van der Waals surface area (Å²) in [5.41, 5.74) is 9.24. The van der Waals surface area contributed by atoms with E-state index in [-0.39, 0.29) is 5.75 Å². The fourth-order valence-corrected chi connectivity index (χ4v) is 4.35. The van der Waals surface area contributed by atoms with Crippen LogP contribution in [0.4, 0.5) is 5.69 Å². The number of fused-ring (bicyclic) bond motifs is 1. The molecular formula is C16H16ClNO2S. The van der Waals surface area contributed by atoms with Gasteiger partial charge in [0.2, 0.25) is 0 Å². The maximum Gasteiger partial charge on any atom is 0.182 e. The standard InChI is InChI=1S/C16H16ClNO2S/c17-14-5-7-16(18)13(8-14)10-21(19,20)15-6-4-11-2-1-3-12(11)9-15/h4-9H,1-3,10,18H2. The lowest BCUT2D eigenvalue weighted by molar-refractivity contribution is 0.595. The summed E-state index contributed by atoms with van der Waals surface area (Å²) in [6.07, 6.45) is 3.09. The molecular weight excluding hydrogens is 306 g/mol. The van der Waals surface area contributed by atoms with Crippen molar-refractivity contribution < 1.29 is 8.42 Å². The molecule has 0 amide bonds. The first kappa shape index (κ1) is 14.4. The Morgan fingerprint density at radius 1 is 1.05 bits per heavy atom. The van der Waals surface area contributed by atoms with Crippen molar-refractivity contribution in [3.05, 3.63) is 58.1 Å². The lowest BCUT2D eigenvalue weighted by Gasteiger charge is -2.09. The minimum absolute atomic E-state index is 0.127. The maximum atomic E-state index is 12.6. The van der Waals surface area contributed by atoms with E-state index >= 15 is 0 Å². The van der Waals surface area contributed by atoms with E-state index in [1.807, 2.05) is 6.07 Å². The smallest absolute Gasteiger partial charge is 0.182 e. The third kappa shape index (κ3) is 2.92. The molecule has 1 aliphatic carbocycles. The zero-order valence-corrected chi connectivity index (χ0v) is 13.0. The molecule has 0 radical (unpaired) electrons. The molecule has 0 bridgehead atoms. The normalized spacial score (nSPS) is 14.1. The number of sulfone groups is 1. The van der Waals surface area contributed by atoms with Crippen LogP contribution < -0.4 is 5.73 Å². The van der Waals surface area contributed by atoms with Gasteiger partial charge in [-0.3, -0.25) is 0 Å². The van der Waals surface area contributed by atoms with Gasteiger partial charge in [-0.2, -0.15) is 0 Å². The average molecular weight is 322 g/mol. The van der Waals surface area contributed by atoms with Crippen molar-refractivity contribution in [1.29, 1.82) is 0 Å². The molecule has 0 aliphatic heterocycles. The van der Waals surface area contributed by atoms with Gasteiger partial charge in [0.1, 0.15) is 0 Å². The van der Waals surface area contributed by atoms with Crippen LogP contribution in [0.5, 0.6) is 0 Å².